The van der Waals surface area contributed by atoms with Gasteiger partial charge in [0.05, 0.1) is 12.6 Å². The van der Waals surface area contributed by atoms with Crippen molar-refractivity contribution in [3.05, 3.63) is 95.1 Å². The zero-order valence-corrected chi connectivity index (χ0v) is 17.4. The SMILES string of the molecule is CCOc1ccc(C(CC(=O)c2ccc(C)cc2)Nc2ccc(CC)cc2)cc1. The molecule has 1 unspecified atom stereocenters. The summed E-state index contributed by atoms with van der Waals surface area (Å²) in [5.41, 5.74) is 5.27. The monoisotopic (exact) mass is 387 g/mol. The van der Waals surface area contributed by atoms with Gasteiger partial charge >= 0.3 is 0 Å². The molecule has 3 nitrogen and oxygen atoms in total. The first kappa shape index (κ1) is 20.7. The summed E-state index contributed by atoms with van der Waals surface area (Å²) >= 11 is 0. The molecular formula is C26H29NO2. The Kier molecular flexibility index (Phi) is 7.07. The van der Waals surface area contributed by atoms with Gasteiger partial charge in [-0.05, 0) is 55.7 Å². The number of carbonyl (C=O) groups excluding carboxylic acids is 1. The Balaban J connectivity index is 1.83. The number of ether oxygens (including phenoxy) is 1. The van der Waals surface area contributed by atoms with Gasteiger partial charge in [0.2, 0.25) is 0 Å². The summed E-state index contributed by atoms with van der Waals surface area (Å²) in [5.74, 6) is 0.966. The predicted octanol–water partition coefficient (Wildman–Crippen LogP) is 6.38. The van der Waals surface area contributed by atoms with E-state index in [2.05, 4.69) is 36.5 Å². The van der Waals surface area contributed by atoms with E-state index in [1.54, 1.807) is 0 Å². The van der Waals surface area contributed by atoms with Crippen LogP contribution in [0.5, 0.6) is 5.75 Å². The summed E-state index contributed by atoms with van der Waals surface area (Å²) in [4.78, 5) is 12.9. The molecule has 0 amide bonds. The topological polar surface area (TPSA) is 38.3 Å². The molecule has 0 saturated carbocycles. The normalized spacial score (nSPS) is 11.7. The Morgan fingerprint density at radius 3 is 2.14 bits per heavy atom. The Morgan fingerprint density at radius 2 is 1.55 bits per heavy atom. The number of benzene rings is 3. The van der Waals surface area contributed by atoms with E-state index in [9.17, 15) is 4.79 Å². The molecule has 0 aromatic heterocycles. The van der Waals surface area contributed by atoms with Gasteiger partial charge < -0.3 is 10.1 Å². The van der Waals surface area contributed by atoms with Crippen molar-refractivity contribution in [3.8, 4) is 5.75 Å². The highest BCUT2D eigenvalue weighted by molar-refractivity contribution is 5.96. The van der Waals surface area contributed by atoms with Crippen molar-refractivity contribution in [2.24, 2.45) is 0 Å². The smallest absolute Gasteiger partial charge is 0.165 e. The minimum atomic E-state index is -0.119. The van der Waals surface area contributed by atoms with E-state index in [1.807, 2.05) is 62.4 Å². The standard InChI is InChI=1S/C26H29NO2/c1-4-20-8-14-23(15-9-20)27-25(21-12-16-24(17-13-21)29-5-2)18-26(28)22-10-6-19(3)7-11-22/h6-17,25,27H,4-5,18H2,1-3H3. The second-order valence-corrected chi connectivity index (χ2v) is 7.24. The quantitative estimate of drug-likeness (QED) is 0.433. The molecular weight excluding hydrogens is 358 g/mol. The van der Waals surface area contributed by atoms with Gasteiger partial charge in [-0.1, -0.05) is 61.0 Å². The van der Waals surface area contributed by atoms with Gasteiger partial charge in [0.25, 0.3) is 0 Å². The number of ketones is 1. The van der Waals surface area contributed by atoms with Gasteiger partial charge in [0, 0.05) is 17.7 Å². The second kappa shape index (κ2) is 9.92. The number of hydrogen-bond acceptors (Lipinski definition) is 3. The Morgan fingerprint density at radius 1 is 0.897 bits per heavy atom. The van der Waals surface area contributed by atoms with Crippen LogP contribution in [0.2, 0.25) is 0 Å². The molecule has 3 heteroatoms. The predicted molar refractivity (Wildman–Crippen MR) is 120 cm³/mol. The summed E-state index contributed by atoms with van der Waals surface area (Å²) in [7, 11) is 0. The molecule has 0 saturated heterocycles. The average molecular weight is 388 g/mol. The van der Waals surface area contributed by atoms with Gasteiger partial charge in [-0.3, -0.25) is 4.79 Å². The van der Waals surface area contributed by atoms with Crippen LogP contribution in [0.15, 0.2) is 72.8 Å². The fourth-order valence-corrected chi connectivity index (χ4v) is 3.30. The summed E-state index contributed by atoms with van der Waals surface area (Å²) in [6.45, 7) is 6.78. The molecule has 3 rings (SSSR count). The number of rotatable bonds is 9. The lowest BCUT2D eigenvalue weighted by Crippen LogP contribution is -2.16. The Bertz CT molecular complexity index is 912. The van der Waals surface area contributed by atoms with E-state index in [0.717, 1.165) is 34.5 Å². The van der Waals surface area contributed by atoms with Crippen molar-refractivity contribution < 1.29 is 9.53 Å². The number of hydrogen-bond donors (Lipinski definition) is 1. The third-order valence-electron chi connectivity index (χ3n) is 5.06. The molecule has 3 aromatic rings. The summed E-state index contributed by atoms with van der Waals surface area (Å²) in [5, 5.41) is 3.55. The highest BCUT2D eigenvalue weighted by Crippen LogP contribution is 2.27. The molecule has 0 radical (unpaired) electrons. The maximum atomic E-state index is 12.9. The third-order valence-corrected chi connectivity index (χ3v) is 5.06. The molecule has 0 aliphatic heterocycles. The van der Waals surface area contributed by atoms with E-state index >= 15 is 0 Å². The van der Waals surface area contributed by atoms with Crippen LogP contribution >= 0.6 is 0 Å². The van der Waals surface area contributed by atoms with Crippen LogP contribution in [0, 0.1) is 6.92 Å². The van der Waals surface area contributed by atoms with Crippen LogP contribution in [-0.4, -0.2) is 12.4 Å². The minimum Gasteiger partial charge on any atom is -0.494 e. The molecule has 1 N–H and O–H groups in total. The van der Waals surface area contributed by atoms with Gasteiger partial charge in [-0.15, -0.1) is 0 Å². The van der Waals surface area contributed by atoms with Crippen molar-refractivity contribution in [2.75, 3.05) is 11.9 Å². The first-order chi connectivity index (χ1) is 14.1. The lowest BCUT2D eigenvalue weighted by Gasteiger charge is -2.21. The van der Waals surface area contributed by atoms with E-state index in [0.29, 0.717) is 13.0 Å². The maximum absolute atomic E-state index is 12.9. The van der Waals surface area contributed by atoms with Crippen molar-refractivity contribution in [2.45, 2.75) is 39.7 Å². The zero-order valence-electron chi connectivity index (χ0n) is 17.4. The summed E-state index contributed by atoms with van der Waals surface area (Å²) in [6, 6.07) is 24.1. The number of aryl methyl sites for hydroxylation is 2. The van der Waals surface area contributed by atoms with E-state index in [4.69, 9.17) is 4.74 Å². The van der Waals surface area contributed by atoms with E-state index in [-0.39, 0.29) is 11.8 Å². The van der Waals surface area contributed by atoms with Crippen molar-refractivity contribution >= 4 is 11.5 Å². The molecule has 3 aromatic carbocycles. The van der Waals surface area contributed by atoms with Crippen LogP contribution in [0.25, 0.3) is 0 Å². The minimum absolute atomic E-state index is 0.119. The fourth-order valence-electron chi connectivity index (χ4n) is 3.30. The molecule has 29 heavy (non-hydrogen) atoms. The van der Waals surface area contributed by atoms with Crippen LogP contribution in [0.3, 0.4) is 0 Å². The lowest BCUT2D eigenvalue weighted by atomic mass is 9.97. The van der Waals surface area contributed by atoms with Crippen molar-refractivity contribution in [1.29, 1.82) is 0 Å². The van der Waals surface area contributed by atoms with Crippen molar-refractivity contribution in [3.63, 3.8) is 0 Å². The van der Waals surface area contributed by atoms with Crippen LogP contribution < -0.4 is 10.1 Å². The van der Waals surface area contributed by atoms with Crippen LogP contribution in [-0.2, 0) is 6.42 Å². The molecule has 0 bridgehead atoms. The van der Waals surface area contributed by atoms with Gasteiger partial charge in [-0.2, -0.15) is 0 Å². The van der Waals surface area contributed by atoms with Crippen LogP contribution in [0.4, 0.5) is 5.69 Å². The number of anilines is 1. The molecule has 150 valence electrons. The largest absolute Gasteiger partial charge is 0.494 e. The lowest BCUT2D eigenvalue weighted by molar-refractivity contribution is 0.0976. The molecule has 0 heterocycles. The zero-order chi connectivity index (χ0) is 20.6. The number of carbonyl (C=O) groups is 1. The maximum Gasteiger partial charge on any atom is 0.165 e. The van der Waals surface area contributed by atoms with Gasteiger partial charge in [0.15, 0.2) is 5.78 Å². The van der Waals surface area contributed by atoms with E-state index < -0.39 is 0 Å². The third kappa shape index (κ3) is 5.71. The Hall–Kier alpha value is -3.07. The van der Waals surface area contributed by atoms with Gasteiger partial charge in [0.1, 0.15) is 5.75 Å². The van der Waals surface area contributed by atoms with E-state index in [1.165, 1.54) is 5.56 Å². The summed E-state index contributed by atoms with van der Waals surface area (Å²) in [6.07, 6.45) is 1.39. The molecule has 0 spiro atoms. The molecule has 0 aliphatic rings. The highest BCUT2D eigenvalue weighted by atomic mass is 16.5. The summed E-state index contributed by atoms with van der Waals surface area (Å²) < 4.78 is 5.56. The first-order valence-electron chi connectivity index (χ1n) is 10.3. The number of nitrogens with one attached hydrogen (secondary N) is 1. The highest BCUT2D eigenvalue weighted by Gasteiger charge is 2.18. The Labute approximate surface area is 173 Å². The molecule has 1 atom stereocenters. The van der Waals surface area contributed by atoms with Crippen LogP contribution in [0.1, 0.15) is 53.4 Å². The van der Waals surface area contributed by atoms with Gasteiger partial charge in [-0.25, -0.2) is 0 Å². The number of Topliss-reactive ketones (excluding diaryl/α,β-unsaturated/α-hetero) is 1. The average Bonchev–Trinajstić information content (AvgIpc) is 2.75. The molecule has 0 fully saturated rings. The molecule has 0 aliphatic carbocycles. The fraction of sp³-hybridized carbons (Fsp3) is 0.269. The second-order valence-electron chi connectivity index (χ2n) is 7.24. The first-order valence-corrected chi connectivity index (χ1v) is 10.3. The van der Waals surface area contributed by atoms with Crippen molar-refractivity contribution in [1.82, 2.24) is 0 Å².